The van der Waals surface area contributed by atoms with Gasteiger partial charge in [0.1, 0.15) is 17.3 Å². The maximum absolute atomic E-state index is 12.0. The van der Waals surface area contributed by atoms with Crippen LogP contribution in [-0.2, 0) is 0 Å². The van der Waals surface area contributed by atoms with E-state index in [4.69, 9.17) is 15.9 Å². The van der Waals surface area contributed by atoms with Crippen molar-refractivity contribution in [2.75, 3.05) is 13.7 Å². The highest BCUT2D eigenvalue weighted by Gasteiger charge is 2.29. The zero-order valence-corrected chi connectivity index (χ0v) is 8.97. The predicted molar refractivity (Wildman–Crippen MR) is 55.6 cm³/mol. The molecule has 0 aliphatic heterocycles. The molecule has 1 aromatic carbocycles. The molecule has 0 unspecified atom stereocenters. The molecule has 0 saturated heterocycles. The maximum atomic E-state index is 12.0. The Morgan fingerprint density at radius 2 is 2.06 bits per heavy atom. The summed E-state index contributed by atoms with van der Waals surface area (Å²) in [5.74, 6) is -0.175. The van der Waals surface area contributed by atoms with E-state index in [1.165, 1.54) is 25.3 Å². The van der Waals surface area contributed by atoms with E-state index in [0.717, 1.165) is 0 Å². The van der Waals surface area contributed by atoms with Crippen molar-refractivity contribution in [3.8, 4) is 11.5 Å². The highest BCUT2D eigenvalue weighted by atomic mass is 19.4. The van der Waals surface area contributed by atoms with Crippen molar-refractivity contribution in [2.45, 2.75) is 6.18 Å². The molecule has 3 N–H and O–H groups in total. The van der Waals surface area contributed by atoms with Crippen LogP contribution in [0.2, 0.25) is 0 Å². The summed E-state index contributed by atoms with van der Waals surface area (Å²) in [5.41, 5.74) is 5.32. The van der Waals surface area contributed by atoms with Gasteiger partial charge in [0.2, 0.25) is 0 Å². The lowest BCUT2D eigenvalue weighted by atomic mass is 10.2. The second-order valence-corrected chi connectivity index (χ2v) is 3.18. The number of hydrogen-bond donors (Lipinski definition) is 2. The molecule has 0 aliphatic rings. The highest BCUT2D eigenvalue weighted by Crippen LogP contribution is 2.26. The molecular formula is C10H11F3N2O2. The molecule has 0 bridgehead atoms. The first kappa shape index (κ1) is 13.1. The third-order valence-electron chi connectivity index (χ3n) is 1.87. The van der Waals surface area contributed by atoms with E-state index in [-0.39, 0.29) is 17.1 Å². The molecule has 0 saturated carbocycles. The molecule has 0 atom stereocenters. The summed E-state index contributed by atoms with van der Waals surface area (Å²) < 4.78 is 45.5. The summed E-state index contributed by atoms with van der Waals surface area (Å²) >= 11 is 0. The van der Waals surface area contributed by atoms with E-state index in [0.29, 0.717) is 5.75 Å². The molecule has 0 fully saturated rings. The molecule has 1 rings (SSSR count). The Labute approximate surface area is 95.6 Å². The first-order valence-electron chi connectivity index (χ1n) is 4.55. The number of nitrogens with two attached hydrogens (primary N) is 1. The molecule has 0 radical (unpaired) electrons. The van der Waals surface area contributed by atoms with E-state index in [1.807, 2.05) is 0 Å². The largest absolute Gasteiger partial charge is 0.497 e. The molecule has 94 valence electrons. The van der Waals surface area contributed by atoms with E-state index >= 15 is 0 Å². The van der Waals surface area contributed by atoms with Crippen molar-refractivity contribution in [2.24, 2.45) is 5.73 Å². The fraction of sp³-hybridized carbons (Fsp3) is 0.300. The van der Waals surface area contributed by atoms with Crippen LogP contribution in [0.15, 0.2) is 18.2 Å². The summed E-state index contributed by atoms with van der Waals surface area (Å²) in [6, 6.07) is 4.10. The Hall–Kier alpha value is -1.92. The standard InChI is InChI=1S/C10H11F3N2O2/c1-16-6-2-3-7(9(14)15)8(4-6)17-5-10(11,12)13/h2-4H,5H2,1H3,(H3,14,15). The lowest BCUT2D eigenvalue weighted by Gasteiger charge is -2.13. The number of halogens is 3. The van der Waals surface area contributed by atoms with Gasteiger partial charge < -0.3 is 15.2 Å². The molecule has 17 heavy (non-hydrogen) atoms. The molecular weight excluding hydrogens is 237 g/mol. The fourth-order valence-electron chi connectivity index (χ4n) is 1.13. The van der Waals surface area contributed by atoms with Crippen molar-refractivity contribution in [3.05, 3.63) is 23.8 Å². The van der Waals surface area contributed by atoms with Gasteiger partial charge in [-0.3, -0.25) is 5.41 Å². The van der Waals surface area contributed by atoms with E-state index < -0.39 is 12.8 Å². The number of nitrogens with one attached hydrogen (secondary N) is 1. The summed E-state index contributed by atoms with van der Waals surface area (Å²) in [6.07, 6.45) is -4.45. The van der Waals surface area contributed by atoms with Crippen LogP contribution in [0.1, 0.15) is 5.56 Å². The molecule has 0 aromatic heterocycles. The smallest absolute Gasteiger partial charge is 0.422 e. The molecule has 0 spiro atoms. The minimum Gasteiger partial charge on any atom is -0.497 e. The van der Waals surface area contributed by atoms with Gasteiger partial charge in [-0.05, 0) is 12.1 Å². The number of nitrogen functional groups attached to an aromatic ring is 1. The predicted octanol–water partition coefficient (Wildman–Crippen LogP) is 1.92. The summed E-state index contributed by atoms with van der Waals surface area (Å²) in [4.78, 5) is 0. The summed E-state index contributed by atoms with van der Waals surface area (Å²) in [7, 11) is 1.37. The number of ether oxygens (including phenoxy) is 2. The van der Waals surface area contributed by atoms with Crippen molar-refractivity contribution >= 4 is 5.84 Å². The molecule has 0 aliphatic carbocycles. The van der Waals surface area contributed by atoms with Gasteiger partial charge in [-0.15, -0.1) is 0 Å². The number of methoxy groups -OCH3 is 1. The quantitative estimate of drug-likeness (QED) is 0.631. The maximum Gasteiger partial charge on any atom is 0.422 e. The highest BCUT2D eigenvalue weighted by molar-refractivity contribution is 5.97. The van der Waals surface area contributed by atoms with Gasteiger partial charge in [0.25, 0.3) is 0 Å². The van der Waals surface area contributed by atoms with E-state index in [1.54, 1.807) is 0 Å². The number of rotatable bonds is 4. The van der Waals surface area contributed by atoms with Crippen LogP contribution in [0.3, 0.4) is 0 Å². The van der Waals surface area contributed by atoms with Gasteiger partial charge >= 0.3 is 6.18 Å². The van der Waals surface area contributed by atoms with E-state index in [2.05, 4.69) is 4.74 Å². The average Bonchev–Trinajstić information content (AvgIpc) is 2.24. The molecule has 7 heteroatoms. The summed E-state index contributed by atoms with van der Waals surface area (Å²) in [6.45, 7) is -1.44. The molecule has 1 aromatic rings. The normalized spacial score (nSPS) is 11.1. The second-order valence-electron chi connectivity index (χ2n) is 3.18. The fourth-order valence-corrected chi connectivity index (χ4v) is 1.13. The Kier molecular flexibility index (Phi) is 3.82. The van der Waals surface area contributed by atoms with Crippen LogP contribution < -0.4 is 15.2 Å². The molecule has 0 amide bonds. The van der Waals surface area contributed by atoms with Crippen LogP contribution in [-0.4, -0.2) is 25.7 Å². The number of alkyl halides is 3. The Morgan fingerprint density at radius 1 is 1.41 bits per heavy atom. The van der Waals surface area contributed by atoms with Gasteiger partial charge in [0.05, 0.1) is 12.7 Å². The third-order valence-corrected chi connectivity index (χ3v) is 1.87. The zero-order valence-electron chi connectivity index (χ0n) is 8.97. The van der Waals surface area contributed by atoms with Crippen molar-refractivity contribution < 1.29 is 22.6 Å². The lowest BCUT2D eigenvalue weighted by Crippen LogP contribution is -2.21. The number of benzene rings is 1. The Balaban J connectivity index is 2.97. The van der Waals surface area contributed by atoms with Crippen LogP contribution in [0.4, 0.5) is 13.2 Å². The van der Waals surface area contributed by atoms with Crippen molar-refractivity contribution in [1.29, 1.82) is 5.41 Å². The second kappa shape index (κ2) is 4.94. The van der Waals surface area contributed by atoms with Crippen LogP contribution >= 0.6 is 0 Å². The van der Waals surface area contributed by atoms with E-state index in [9.17, 15) is 13.2 Å². The summed E-state index contributed by atoms with van der Waals surface area (Å²) in [5, 5.41) is 7.21. The first-order chi connectivity index (χ1) is 7.83. The number of hydrogen-bond acceptors (Lipinski definition) is 3. The van der Waals surface area contributed by atoms with Crippen LogP contribution in [0.5, 0.6) is 11.5 Å². The first-order valence-corrected chi connectivity index (χ1v) is 4.55. The zero-order chi connectivity index (χ0) is 13.1. The van der Waals surface area contributed by atoms with Crippen LogP contribution in [0.25, 0.3) is 0 Å². The third kappa shape index (κ3) is 3.86. The monoisotopic (exact) mass is 248 g/mol. The van der Waals surface area contributed by atoms with Gasteiger partial charge in [-0.2, -0.15) is 13.2 Å². The SMILES string of the molecule is COc1ccc(C(=N)N)c(OCC(F)(F)F)c1. The lowest BCUT2D eigenvalue weighted by molar-refractivity contribution is -0.153. The minimum absolute atomic E-state index is 0.0926. The molecule has 4 nitrogen and oxygen atoms in total. The van der Waals surface area contributed by atoms with Gasteiger partial charge in [0, 0.05) is 6.07 Å². The van der Waals surface area contributed by atoms with Gasteiger partial charge in [0.15, 0.2) is 6.61 Å². The minimum atomic E-state index is -4.45. The van der Waals surface area contributed by atoms with Gasteiger partial charge in [-0.25, -0.2) is 0 Å². The molecule has 0 heterocycles. The topological polar surface area (TPSA) is 68.3 Å². The number of amidine groups is 1. The van der Waals surface area contributed by atoms with Crippen LogP contribution in [0, 0.1) is 5.41 Å². The Morgan fingerprint density at radius 3 is 2.53 bits per heavy atom. The van der Waals surface area contributed by atoms with Crippen molar-refractivity contribution in [1.82, 2.24) is 0 Å². The van der Waals surface area contributed by atoms with Crippen molar-refractivity contribution in [3.63, 3.8) is 0 Å². The van der Waals surface area contributed by atoms with Gasteiger partial charge in [-0.1, -0.05) is 0 Å². The Bertz CT molecular complexity index is 419. The average molecular weight is 248 g/mol.